The summed E-state index contributed by atoms with van der Waals surface area (Å²) in [6, 6.07) is 1.88. The first kappa shape index (κ1) is 14.7. The van der Waals surface area contributed by atoms with E-state index in [0.717, 1.165) is 24.6 Å². The first-order valence-corrected chi connectivity index (χ1v) is 6.86. The number of likely N-dealkylation sites (tertiary alicyclic amines) is 1. The Morgan fingerprint density at radius 1 is 1.50 bits per heavy atom. The second-order valence-electron chi connectivity index (χ2n) is 5.33. The molecule has 1 aliphatic heterocycles. The van der Waals surface area contributed by atoms with Gasteiger partial charge in [-0.3, -0.25) is 4.79 Å². The van der Waals surface area contributed by atoms with Gasteiger partial charge in [0.2, 0.25) is 5.91 Å². The molecule has 1 unspecified atom stereocenters. The van der Waals surface area contributed by atoms with E-state index in [0.29, 0.717) is 25.5 Å². The predicted octanol–water partition coefficient (Wildman–Crippen LogP) is 0.580. The average molecular weight is 278 g/mol. The third kappa shape index (κ3) is 3.66. The van der Waals surface area contributed by atoms with Crippen LogP contribution in [0.3, 0.4) is 0 Å². The largest absolute Gasteiger partial charge is 0.383 e. The van der Waals surface area contributed by atoms with Crippen LogP contribution in [-0.4, -0.2) is 61.7 Å². The fourth-order valence-electron chi connectivity index (χ4n) is 2.40. The van der Waals surface area contributed by atoms with Crippen LogP contribution in [-0.2, 0) is 16.0 Å². The van der Waals surface area contributed by atoms with Gasteiger partial charge in [0.15, 0.2) is 0 Å². The Morgan fingerprint density at radius 2 is 2.30 bits per heavy atom. The fraction of sp³-hybridized carbons (Fsp3) is 0.643. The summed E-state index contributed by atoms with van der Waals surface area (Å²) in [5.41, 5.74) is 0. The highest BCUT2D eigenvalue weighted by Gasteiger charge is 2.29. The lowest BCUT2D eigenvalue weighted by atomic mass is 10.0. The van der Waals surface area contributed by atoms with Gasteiger partial charge >= 0.3 is 0 Å². The Balaban J connectivity index is 1.94. The van der Waals surface area contributed by atoms with Gasteiger partial charge < -0.3 is 14.5 Å². The lowest BCUT2D eigenvalue weighted by Crippen LogP contribution is -2.29. The maximum atomic E-state index is 11.9. The number of hydrogen-bond donors (Lipinski definition) is 0. The van der Waals surface area contributed by atoms with E-state index < -0.39 is 0 Å². The van der Waals surface area contributed by atoms with E-state index in [2.05, 4.69) is 9.97 Å². The molecule has 0 saturated carbocycles. The van der Waals surface area contributed by atoms with Crippen LogP contribution in [0.25, 0.3) is 0 Å². The molecule has 1 fully saturated rings. The number of carbonyl (C=O) groups is 1. The second kappa shape index (κ2) is 6.65. The molecule has 1 atom stereocenters. The summed E-state index contributed by atoms with van der Waals surface area (Å²) in [4.78, 5) is 24.5. The molecule has 2 rings (SSSR count). The molecule has 0 radical (unpaired) electrons. The van der Waals surface area contributed by atoms with Gasteiger partial charge in [-0.25, -0.2) is 9.97 Å². The van der Waals surface area contributed by atoms with Crippen molar-refractivity contribution in [3.8, 4) is 0 Å². The van der Waals surface area contributed by atoms with E-state index in [1.807, 2.05) is 30.0 Å². The minimum atomic E-state index is 0.204. The highest BCUT2D eigenvalue weighted by Crippen LogP contribution is 2.21. The quantitative estimate of drug-likeness (QED) is 0.762. The topological polar surface area (TPSA) is 58.6 Å². The zero-order chi connectivity index (χ0) is 14.5. The molecule has 0 N–H and O–H groups in total. The summed E-state index contributed by atoms with van der Waals surface area (Å²) in [5.74, 6) is 2.21. The second-order valence-corrected chi connectivity index (χ2v) is 5.33. The number of amides is 1. The number of hydrogen-bond acceptors (Lipinski definition) is 5. The van der Waals surface area contributed by atoms with Gasteiger partial charge in [-0.05, 0) is 12.0 Å². The minimum absolute atomic E-state index is 0.204. The van der Waals surface area contributed by atoms with Crippen LogP contribution in [0.1, 0.15) is 12.2 Å². The van der Waals surface area contributed by atoms with Crippen LogP contribution in [0.2, 0.25) is 0 Å². The van der Waals surface area contributed by atoms with Gasteiger partial charge in [-0.15, -0.1) is 0 Å². The molecular formula is C14H22N4O2. The van der Waals surface area contributed by atoms with Crippen LogP contribution in [0.4, 0.5) is 5.82 Å². The van der Waals surface area contributed by atoms with Crippen molar-refractivity contribution in [1.29, 1.82) is 0 Å². The number of nitrogens with zero attached hydrogens (tertiary/aromatic N) is 4. The summed E-state index contributed by atoms with van der Waals surface area (Å²) >= 11 is 0. The van der Waals surface area contributed by atoms with Gasteiger partial charge in [-0.2, -0.15) is 0 Å². The van der Waals surface area contributed by atoms with E-state index in [4.69, 9.17) is 4.74 Å². The number of rotatable bonds is 6. The smallest absolute Gasteiger partial charge is 0.223 e. The molecule has 1 aromatic rings. The highest BCUT2D eigenvalue weighted by atomic mass is 16.5. The summed E-state index contributed by atoms with van der Waals surface area (Å²) in [6.07, 6.45) is 3.10. The van der Waals surface area contributed by atoms with Crippen LogP contribution < -0.4 is 4.90 Å². The van der Waals surface area contributed by atoms with E-state index in [-0.39, 0.29) is 5.91 Å². The SMILES string of the molecule is COCCN1CC(Cc2nccc(N(C)C)n2)CC1=O. The Morgan fingerprint density at radius 3 is 3.00 bits per heavy atom. The minimum Gasteiger partial charge on any atom is -0.383 e. The van der Waals surface area contributed by atoms with Crippen molar-refractivity contribution in [2.45, 2.75) is 12.8 Å². The number of ether oxygens (including phenoxy) is 1. The van der Waals surface area contributed by atoms with Gasteiger partial charge in [0, 0.05) is 53.3 Å². The molecule has 1 aromatic heterocycles. The maximum Gasteiger partial charge on any atom is 0.223 e. The molecular weight excluding hydrogens is 256 g/mol. The third-order valence-corrected chi connectivity index (χ3v) is 3.48. The molecule has 1 aliphatic rings. The molecule has 2 heterocycles. The lowest BCUT2D eigenvalue weighted by Gasteiger charge is -2.16. The molecule has 20 heavy (non-hydrogen) atoms. The third-order valence-electron chi connectivity index (χ3n) is 3.48. The number of anilines is 1. The first-order valence-electron chi connectivity index (χ1n) is 6.86. The first-order chi connectivity index (χ1) is 9.60. The summed E-state index contributed by atoms with van der Waals surface area (Å²) in [7, 11) is 5.56. The Hall–Kier alpha value is -1.69. The highest BCUT2D eigenvalue weighted by molar-refractivity contribution is 5.78. The van der Waals surface area contributed by atoms with Crippen molar-refractivity contribution in [2.75, 3.05) is 45.8 Å². The number of carbonyl (C=O) groups excluding carboxylic acids is 1. The standard InChI is InChI=1S/C14H22N4O2/c1-17(2)13-4-5-15-12(16-13)8-11-9-14(19)18(10-11)6-7-20-3/h4-5,11H,6-10H2,1-3H3. The Kier molecular flexibility index (Phi) is 4.89. The van der Waals surface area contributed by atoms with E-state index >= 15 is 0 Å². The van der Waals surface area contributed by atoms with Crippen molar-refractivity contribution in [3.05, 3.63) is 18.1 Å². The molecule has 6 nitrogen and oxygen atoms in total. The van der Waals surface area contributed by atoms with Crippen LogP contribution >= 0.6 is 0 Å². The van der Waals surface area contributed by atoms with Crippen molar-refractivity contribution in [3.63, 3.8) is 0 Å². The maximum absolute atomic E-state index is 11.9. The average Bonchev–Trinajstić information content (AvgIpc) is 2.76. The van der Waals surface area contributed by atoms with Crippen molar-refractivity contribution in [2.24, 2.45) is 5.92 Å². The number of aromatic nitrogens is 2. The van der Waals surface area contributed by atoms with Gasteiger partial charge in [0.05, 0.1) is 6.61 Å². The summed E-state index contributed by atoms with van der Waals surface area (Å²) < 4.78 is 5.02. The van der Waals surface area contributed by atoms with E-state index in [1.54, 1.807) is 13.3 Å². The Labute approximate surface area is 119 Å². The normalized spacial score (nSPS) is 18.6. The van der Waals surface area contributed by atoms with Crippen LogP contribution in [0.15, 0.2) is 12.3 Å². The van der Waals surface area contributed by atoms with Crippen LogP contribution in [0, 0.1) is 5.92 Å². The van der Waals surface area contributed by atoms with Crippen molar-refractivity contribution < 1.29 is 9.53 Å². The molecule has 1 saturated heterocycles. The fourth-order valence-corrected chi connectivity index (χ4v) is 2.40. The van der Waals surface area contributed by atoms with Crippen molar-refractivity contribution in [1.82, 2.24) is 14.9 Å². The zero-order valence-corrected chi connectivity index (χ0v) is 12.4. The molecule has 0 bridgehead atoms. The predicted molar refractivity (Wildman–Crippen MR) is 76.6 cm³/mol. The van der Waals surface area contributed by atoms with Gasteiger partial charge in [0.1, 0.15) is 11.6 Å². The van der Waals surface area contributed by atoms with E-state index in [1.165, 1.54) is 0 Å². The summed E-state index contributed by atoms with van der Waals surface area (Å²) in [5, 5.41) is 0. The molecule has 6 heteroatoms. The molecule has 0 aliphatic carbocycles. The van der Waals surface area contributed by atoms with Crippen LogP contribution in [0.5, 0.6) is 0 Å². The van der Waals surface area contributed by atoms with E-state index in [9.17, 15) is 4.79 Å². The number of methoxy groups -OCH3 is 1. The van der Waals surface area contributed by atoms with Gasteiger partial charge in [0.25, 0.3) is 0 Å². The zero-order valence-electron chi connectivity index (χ0n) is 12.4. The molecule has 0 spiro atoms. The van der Waals surface area contributed by atoms with Gasteiger partial charge in [-0.1, -0.05) is 0 Å². The molecule has 1 amide bonds. The summed E-state index contributed by atoms with van der Waals surface area (Å²) in [6.45, 7) is 2.03. The Bertz CT molecular complexity index is 464. The molecule has 0 aromatic carbocycles. The lowest BCUT2D eigenvalue weighted by molar-refractivity contribution is -0.128. The van der Waals surface area contributed by atoms with Crippen molar-refractivity contribution >= 4 is 11.7 Å². The monoisotopic (exact) mass is 278 g/mol. The molecule has 110 valence electrons.